The maximum Gasteiger partial charge on any atom is 0.276 e. The Labute approximate surface area is 153 Å². The molecule has 2 rings (SSSR count). The Bertz CT molecular complexity index is 891. The number of hydrogen-bond acceptors (Lipinski definition) is 4. The second-order valence-electron chi connectivity index (χ2n) is 4.48. The van der Waals surface area contributed by atoms with Crippen LogP contribution in [0, 0.1) is 12.3 Å². The molecular formula is C16H12BrClN2O3S. The van der Waals surface area contributed by atoms with Crippen LogP contribution in [-0.4, -0.2) is 21.2 Å². The zero-order valence-electron chi connectivity index (χ0n) is 12.2. The molecule has 0 amide bonds. The normalized spacial score (nSPS) is 11.2. The van der Waals surface area contributed by atoms with E-state index in [4.69, 9.17) is 22.8 Å². The molecule has 0 atom stereocenters. The lowest BCUT2D eigenvalue weighted by atomic mass is 10.2. The summed E-state index contributed by atoms with van der Waals surface area (Å²) < 4.78 is 30.4. The van der Waals surface area contributed by atoms with Crippen LogP contribution >= 0.6 is 27.5 Å². The molecule has 0 aliphatic rings. The largest absolute Gasteiger partial charge is 0.480 e. The molecule has 0 aliphatic carbocycles. The van der Waals surface area contributed by atoms with Gasteiger partial charge < -0.3 is 4.74 Å². The minimum absolute atomic E-state index is 0.0575. The molecule has 0 aromatic heterocycles. The molecule has 0 bridgehead atoms. The lowest BCUT2D eigenvalue weighted by Crippen LogP contribution is -2.18. The zero-order valence-corrected chi connectivity index (χ0v) is 15.4. The van der Waals surface area contributed by atoms with Crippen LogP contribution in [0.4, 0.5) is 0 Å². The number of nitrogens with one attached hydrogen (secondary N) is 1. The van der Waals surface area contributed by atoms with Gasteiger partial charge in [-0.25, -0.2) is 4.83 Å². The molecule has 0 aliphatic heterocycles. The van der Waals surface area contributed by atoms with Crippen LogP contribution in [0.1, 0.15) is 5.56 Å². The molecular weight excluding hydrogens is 416 g/mol. The minimum Gasteiger partial charge on any atom is -0.480 e. The van der Waals surface area contributed by atoms with E-state index in [9.17, 15) is 8.42 Å². The number of nitrogens with zero attached hydrogens (tertiary/aromatic N) is 1. The summed E-state index contributed by atoms with van der Waals surface area (Å²) >= 11 is 9.07. The molecule has 24 heavy (non-hydrogen) atoms. The molecule has 0 heterocycles. The van der Waals surface area contributed by atoms with E-state index in [-0.39, 0.29) is 11.5 Å². The fourth-order valence-corrected chi connectivity index (χ4v) is 3.00. The number of rotatable bonds is 6. The molecule has 5 nitrogen and oxygen atoms in total. The Morgan fingerprint density at radius 2 is 2.00 bits per heavy atom. The Morgan fingerprint density at radius 3 is 2.67 bits per heavy atom. The van der Waals surface area contributed by atoms with E-state index in [0.29, 0.717) is 16.3 Å². The first-order valence-corrected chi connectivity index (χ1v) is 9.24. The van der Waals surface area contributed by atoms with E-state index in [1.54, 1.807) is 18.2 Å². The molecule has 0 radical (unpaired) electrons. The predicted octanol–water partition coefficient (Wildman–Crippen LogP) is 3.43. The Kier molecular flexibility index (Phi) is 6.26. The lowest BCUT2D eigenvalue weighted by molar-refractivity contribution is 0.370. The number of terminal acetylenes is 1. The molecule has 124 valence electrons. The van der Waals surface area contributed by atoms with Gasteiger partial charge >= 0.3 is 0 Å². The second-order valence-corrected chi connectivity index (χ2v) is 7.49. The van der Waals surface area contributed by atoms with Crippen molar-refractivity contribution in [3.63, 3.8) is 0 Å². The summed E-state index contributed by atoms with van der Waals surface area (Å²) in [6.07, 6.45) is 6.51. The van der Waals surface area contributed by atoms with E-state index in [2.05, 4.69) is 31.8 Å². The van der Waals surface area contributed by atoms with E-state index in [1.807, 2.05) is 0 Å². The number of ether oxygens (including phenoxy) is 1. The third kappa shape index (κ3) is 4.99. The highest BCUT2D eigenvalue weighted by atomic mass is 79.9. The van der Waals surface area contributed by atoms with Crippen LogP contribution in [0.25, 0.3) is 0 Å². The quantitative estimate of drug-likeness (QED) is 0.436. The smallest absolute Gasteiger partial charge is 0.276 e. The van der Waals surface area contributed by atoms with Gasteiger partial charge in [0.2, 0.25) is 0 Å². The molecule has 2 aromatic carbocycles. The average Bonchev–Trinajstić information content (AvgIpc) is 2.54. The van der Waals surface area contributed by atoms with E-state index >= 15 is 0 Å². The van der Waals surface area contributed by atoms with Gasteiger partial charge in [-0.3, -0.25) is 0 Å². The summed E-state index contributed by atoms with van der Waals surface area (Å²) in [4.78, 5) is 2.19. The summed E-state index contributed by atoms with van der Waals surface area (Å²) in [7, 11) is -3.78. The van der Waals surface area contributed by atoms with Crippen LogP contribution in [-0.2, 0) is 10.0 Å². The first-order chi connectivity index (χ1) is 11.4. The van der Waals surface area contributed by atoms with Crippen molar-refractivity contribution in [2.45, 2.75) is 4.90 Å². The summed E-state index contributed by atoms with van der Waals surface area (Å²) in [5, 5.41) is 4.22. The Balaban J connectivity index is 2.18. The van der Waals surface area contributed by atoms with Gasteiger partial charge in [0.05, 0.1) is 11.1 Å². The van der Waals surface area contributed by atoms with Crippen molar-refractivity contribution in [3.8, 4) is 18.1 Å². The highest BCUT2D eigenvalue weighted by molar-refractivity contribution is 9.10. The minimum atomic E-state index is -3.78. The van der Waals surface area contributed by atoms with Gasteiger partial charge in [0.15, 0.2) is 0 Å². The van der Waals surface area contributed by atoms with Crippen LogP contribution in [0.2, 0.25) is 5.02 Å². The third-order valence-electron chi connectivity index (χ3n) is 2.78. The molecule has 0 saturated heterocycles. The summed E-state index contributed by atoms with van der Waals surface area (Å²) in [5.74, 6) is 2.85. The van der Waals surface area contributed by atoms with E-state index in [1.165, 1.54) is 30.5 Å². The zero-order chi connectivity index (χ0) is 17.6. The van der Waals surface area contributed by atoms with Gasteiger partial charge in [-0.05, 0) is 42.5 Å². The maximum atomic E-state index is 12.1. The second kappa shape index (κ2) is 8.20. The van der Waals surface area contributed by atoms with E-state index < -0.39 is 10.0 Å². The van der Waals surface area contributed by atoms with Crippen molar-refractivity contribution in [3.05, 3.63) is 57.5 Å². The van der Waals surface area contributed by atoms with Gasteiger partial charge in [0, 0.05) is 15.1 Å². The van der Waals surface area contributed by atoms with Gasteiger partial charge in [0.25, 0.3) is 10.0 Å². The SMILES string of the molecule is C#CCOc1ccc(Br)cc1C=NNS(=O)(=O)c1ccc(Cl)cc1. The van der Waals surface area contributed by atoms with Crippen molar-refractivity contribution in [2.24, 2.45) is 5.10 Å². The molecule has 2 aromatic rings. The number of halogens is 2. The van der Waals surface area contributed by atoms with Crippen LogP contribution < -0.4 is 9.57 Å². The third-order valence-corrected chi connectivity index (χ3v) is 4.77. The Morgan fingerprint density at radius 1 is 1.29 bits per heavy atom. The van der Waals surface area contributed by atoms with Crippen LogP contribution in [0.5, 0.6) is 5.75 Å². The predicted molar refractivity (Wildman–Crippen MR) is 97.8 cm³/mol. The van der Waals surface area contributed by atoms with Gasteiger partial charge in [-0.2, -0.15) is 13.5 Å². The van der Waals surface area contributed by atoms with Crippen LogP contribution in [0.3, 0.4) is 0 Å². The fourth-order valence-electron chi connectivity index (χ4n) is 1.70. The van der Waals surface area contributed by atoms with Gasteiger partial charge in [0.1, 0.15) is 12.4 Å². The molecule has 0 spiro atoms. The number of benzene rings is 2. The van der Waals surface area contributed by atoms with Gasteiger partial charge in [-0.15, -0.1) is 6.42 Å². The highest BCUT2D eigenvalue weighted by Gasteiger charge is 2.12. The molecule has 0 fully saturated rings. The number of hydrogen-bond donors (Lipinski definition) is 1. The number of sulfonamides is 1. The van der Waals surface area contributed by atoms with Crippen LogP contribution in [0.15, 0.2) is 56.9 Å². The fraction of sp³-hybridized carbons (Fsp3) is 0.0625. The molecule has 1 N–H and O–H groups in total. The topological polar surface area (TPSA) is 67.8 Å². The summed E-state index contributed by atoms with van der Waals surface area (Å²) in [6.45, 7) is 0.0962. The van der Waals surface area contributed by atoms with Gasteiger partial charge in [-0.1, -0.05) is 33.5 Å². The first-order valence-electron chi connectivity index (χ1n) is 6.58. The molecule has 0 unspecified atom stereocenters. The summed E-state index contributed by atoms with van der Waals surface area (Å²) in [5.41, 5.74) is 0.568. The highest BCUT2D eigenvalue weighted by Crippen LogP contribution is 2.22. The monoisotopic (exact) mass is 426 g/mol. The van der Waals surface area contributed by atoms with Crippen molar-refractivity contribution >= 4 is 43.8 Å². The first kappa shape index (κ1) is 18.3. The van der Waals surface area contributed by atoms with E-state index in [0.717, 1.165) is 4.47 Å². The molecule has 8 heteroatoms. The average molecular weight is 428 g/mol. The molecule has 0 saturated carbocycles. The summed E-state index contributed by atoms with van der Waals surface area (Å²) in [6, 6.07) is 11.0. The standard InChI is InChI=1S/C16H12BrClN2O3S/c1-2-9-23-16-8-3-13(17)10-12(16)11-19-20-24(21,22)15-6-4-14(18)5-7-15/h1,3-8,10-11,20H,9H2. The maximum absolute atomic E-state index is 12.1. The Hall–Kier alpha value is -2.01. The van der Waals surface area contributed by atoms with Crippen molar-refractivity contribution in [1.29, 1.82) is 0 Å². The van der Waals surface area contributed by atoms with Crippen molar-refractivity contribution in [2.75, 3.05) is 6.61 Å². The lowest BCUT2D eigenvalue weighted by Gasteiger charge is -2.07. The van der Waals surface area contributed by atoms with Crippen molar-refractivity contribution in [1.82, 2.24) is 4.83 Å². The van der Waals surface area contributed by atoms with Crippen molar-refractivity contribution < 1.29 is 13.2 Å². The number of hydrazone groups is 1.